The first-order valence-corrected chi connectivity index (χ1v) is 8.76. The lowest BCUT2D eigenvalue weighted by molar-refractivity contribution is -0.132. The molecule has 1 atom stereocenters. The quantitative estimate of drug-likeness (QED) is 0.772. The van der Waals surface area contributed by atoms with Crippen LogP contribution in [0.5, 0.6) is 0 Å². The van der Waals surface area contributed by atoms with Gasteiger partial charge < -0.3 is 10.2 Å². The zero-order valence-electron chi connectivity index (χ0n) is 15.2. The van der Waals surface area contributed by atoms with Gasteiger partial charge in [-0.2, -0.15) is 0 Å². The Morgan fingerprint density at radius 3 is 2.69 bits per heavy atom. The molecule has 0 bridgehead atoms. The number of pyridine rings is 1. The highest BCUT2D eigenvalue weighted by Crippen LogP contribution is 2.32. The number of aromatic nitrogens is 2. The number of carbonyl (C=O) groups is 1. The number of rotatable bonds is 2. The monoisotopic (exact) mass is 346 g/mol. The first-order chi connectivity index (χ1) is 12.5. The van der Waals surface area contributed by atoms with Crippen molar-refractivity contribution in [1.82, 2.24) is 19.6 Å². The average Bonchev–Trinajstić information content (AvgIpc) is 3.08. The minimum absolute atomic E-state index is 0.105. The molecule has 3 heterocycles. The third-order valence-electron chi connectivity index (χ3n) is 5.13. The molecule has 0 radical (unpaired) electrons. The number of hydrogen-bond acceptors (Lipinski definition) is 3. The number of amides is 1. The van der Waals surface area contributed by atoms with E-state index in [2.05, 4.69) is 46.0 Å². The molecule has 3 aromatic rings. The van der Waals surface area contributed by atoms with Crippen LogP contribution in [-0.4, -0.2) is 27.2 Å². The molecule has 0 unspecified atom stereocenters. The van der Waals surface area contributed by atoms with Gasteiger partial charge in [0.2, 0.25) is 5.91 Å². The highest BCUT2D eigenvalue weighted by atomic mass is 16.2. The minimum atomic E-state index is -0.460. The van der Waals surface area contributed by atoms with Gasteiger partial charge in [-0.1, -0.05) is 36.4 Å². The number of fused-ring (bicyclic) bond motifs is 1. The fourth-order valence-electron chi connectivity index (χ4n) is 3.54. The van der Waals surface area contributed by atoms with Gasteiger partial charge in [-0.15, -0.1) is 0 Å². The van der Waals surface area contributed by atoms with Crippen molar-refractivity contribution in [3.8, 4) is 11.3 Å². The van der Waals surface area contributed by atoms with Gasteiger partial charge in [0, 0.05) is 18.8 Å². The van der Waals surface area contributed by atoms with E-state index >= 15 is 0 Å². The van der Waals surface area contributed by atoms with E-state index in [1.165, 1.54) is 0 Å². The summed E-state index contributed by atoms with van der Waals surface area (Å²) in [4.78, 5) is 18.7. The predicted octanol–water partition coefficient (Wildman–Crippen LogP) is 3.53. The molecule has 1 aromatic carbocycles. The average molecular weight is 346 g/mol. The van der Waals surface area contributed by atoms with Crippen molar-refractivity contribution in [1.29, 1.82) is 0 Å². The summed E-state index contributed by atoms with van der Waals surface area (Å²) in [5.41, 5.74) is 3.64. The van der Waals surface area contributed by atoms with E-state index in [1.807, 2.05) is 43.5 Å². The van der Waals surface area contributed by atoms with Gasteiger partial charge in [-0.25, -0.2) is 4.98 Å². The van der Waals surface area contributed by atoms with E-state index in [9.17, 15) is 4.79 Å². The summed E-state index contributed by atoms with van der Waals surface area (Å²) < 4.78 is 2.09. The van der Waals surface area contributed by atoms with Gasteiger partial charge >= 0.3 is 0 Å². The summed E-state index contributed by atoms with van der Waals surface area (Å²) in [6.07, 6.45) is 6.31. The molecule has 1 amide bonds. The Labute approximate surface area is 153 Å². The van der Waals surface area contributed by atoms with Crippen molar-refractivity contribution < 1.29 is 4.79 Å². The van der Waals surface area contributed by atoms with Gasteiger partial charge in [-0.3, -0.25) is 9.20 Å². The van der Waals surface area contributed by atoms with Gasteiger partial charge in [0.1, 0.15) is 11.5 Å². The molecule has 1 aliphatic rings. The molecule has 2 aromatic heterocycles. The molecular formula is C21H22N4O. The van der Waals surface area contributed by atoms with E-state index < -0.39 is 5.54 Å². The summed E-state index contributed by atoms with van der Waals surface area (Å²) in [5.74, 6) is 0.936. The molecule has 0 aliphatic carbocycles. The summed E-state index contributed by atoms with van der Waals surface area (Å²) in [5, 5.41) is 3.52. The van der Waals surface area contributed by atoms with Crippen LogP contribution < -0.4 is 5.32 Å². The van der Waals surface area contributed by atoms with Crippen LogP contribution in [-0.2, 0) is 10.3 Å². The number of allylic oxidation sites excluding steroid dienone is 1. The lowest BCUT2D eigenvalue weighted by atomic mass is 9.87. The smallest absolute Gasteiger partial charge is 0.230 e. The van der Waals surface area contributed by atoms with E-state index in [4.69, 9.17) is 0 Å². The van der Waals surface area contributed by atoms with E-state index in [0.29, 0.717) is 6.42 Å². The van der Waals surface area contributed by atoms with Gasteiger partial charge in [0.15, 0.2) is 0 Å². The van der Waals surface area contributed by atoms with Crippen LogP contribution >= 0.6 is 0 Å². The molecule has 5 heteroatoms. The lowest BCUT2D eigenvalue weighted by Gasteiger charge is -2.41. The Balaban J connectivity index is 1.81. The number of nitrogens with one attached hydrogen (secondary N) is 1. The molecule has 4 rings (SSSR count). The number of hydrogen-bond donors (Lipinski definition) is 1. The molecule has 132 valence electrons. The van der Waals surface area contributed by atoms with Crippen LogP contribution in [0.1, 0.15) is 25.8 Å². The molecule has 26 heavy (non-hydrogen) atoms. The summed E-state index contributed by atoms with van der Waals surface area (Å²) in [6, 6.07) is 14.3. The Morgan fingerprint density at radius 2 is 1.96 bits per heavy atom. The zero-order valence-corrected chi connectivity index (χ0v) is 15.2. The molecular weight excluding hydrogens is 324 g/mol. The number of nitrogens with zero attached hydrogens (tertiary/aromatic N) is 3. The van der Waals surface area contributed by atoms with Crippen LogP contribution in [0.15, 0.2) is 66.8 Å². The molecule has 0 saturated carbocycles. The van der Waals surface area contributed by atoms with Crippen molar-refractivity contribution in [3.63, 3.8) is 0 Å². The van der Waals surface area contributed by atoms with Crippen molar-refractivity contribution in [3.05, 3.63) is 72.3 Å². The molecule has 1 saturated heterocycles. The van der Waals surface area contributed by atoms with Crippen LogP contribution in [0.4, 0.5) is 0 Å². The molecule has 1 aliphatic heterocycles. The van der Waals surface area contributed by atoms with Crippen LogP contribution in [0.25, 0.3) is 16.9 Å². The number of imidazole rings is 1. The number of carbonyl (C=O) groups excluding carboxylic acids is 1. The van der Waals surface area contributed by atoms with Crippen molar-refractivity contribution >= 4 is 11.6 Å². The van der Waals surface area contributed by atoms with Crippen molar-refractivity contribution in [2.24, 2.45) is 0 Å². The first-order valence-electron chi connectivity index (χ1n) is 8.76. The molecule has 5 nitrogen and oxygen atoms in total. The maximum absolute atomic E-state index is 12.5. The van der Waals surface area contributed by atoms with Crippen molar-refractivity contribution in [2.75, 3.05) is 7.05 Å². The zero-order chi connectivity index (χ0) is 18.3. The standard InChI is InChI=1S/C21H22N4O/c1-4-18-23-21(2,12-20(26)24(18)3)16-10-11-19-22-13-17(25(19)14-16)15-8-6-5-7-9-15/h4-11,13-14,23H,12H2,1-3H3/t21-/m0/s1. The fourth-order valence-corrected chi connectivity index (χ4v) is 3.54. The largest absolute Gasteiger partial charge is 0.362 e. The van der Waals surface area contributed by atoms with Crippen molar-refractivity contribution in [2.45, 2.75) is 25.8 Å². The van der Waals surface area contributed by atoms with E-state index in [-0.39, 0.29) is 5.91 Å². The second kappa shape index (κ2) is 6.02. The second-order valence-corrected chi connectivity index (χ2v) is 6.92. The summed E-state index contributed by atoms with van der Waals surface area (Å²) in [7, 11) is 1.80. The second-order valence-electron chi connectivity index (χ2n) is 6.92. The summed E-state index contributed by atoms with van der Waals surface area (Å²) >= 11 is 0. The first kappa shape index (κ1) is 16.4. The van der Waals surface area contributed by atoms with Crippen LogP contribution in [0, 0.1) is 0 Å². The molecule has 1 fully saturated rings. The Kier molecular flexibility index (Phi) is 3.80. The Bertz CT molecular complexity index is 1010. The lowest BCUT2D eigenvalue weighted by Crippen LogP contribution is -2.52. The Morgan fingerprint density at radius 1 is 1.19 bits per heavy atom. The highest BCUT2D eigenvalue weighted by molar-refractivity contribution is 5.80. The van der Waals surface area contributed by atoms with Crippen LogP contribution in [0.3, 0.4) is 0 Å². The fraction of sp³-hybridized carbons (Fsp3) is 0.238. The molecule has 0 spiro atoms. The summed E-state index contributed by atoms with van der Waals surface area (Å²) in [6.45, 7) is 4.01. The van der Waals surface area contributed by atoms with E-state index in [1.54, 1.807) is 11.9 Å². The van der Waals surface area contributed by atoms with Gasteiger partial charge in [0.05, 0.1) is 23.9 Å². The normalized spacial score (nSPS) is 22.0. The molecule has 1 N–H and O–H groups in total. The van der Waals surface area contributed by atoms with Gasteiger partial charge in [-0.05, 0) is 31.6 Å². The maximum Gasteiger partial charge on any atom is 0.230 e. The van der Waals surface area contributed by atoms with Gasteiger partial charge in [0.25, 0.3) is 0 Å². The van der Waals surface area contributed by atoms with E-state index in [0.717, 1.165) is 28.3 Å². The topological polar surface area (TPSA) is 49.6 Å². The third-order valence-corrected chi connectivity index (χ3v) is 5.13. The predicted molar refractivity (Wildman–Crippen MR) is 102 cm³/mol. The maximum atomic E-state index is 12.5. The van der Waals surface area contributed by atoms with Crippen LogP contribution in [0.2, 0.25) is 0 Å². The Hall–Kier alpha value is -3.08. The number of benzene rings is 1. The minimum Gasteiger partial charge on any atom is -0.362 e. The highest BCUT2D eigenvalue weighted by Gasteiger charge is 2.37. The SMILES string of the molecule is CC=C1N[C@](C)(c2ccc3ncc(-c4ccccc4)n3c2)CC(=O)N1C. The third kappa shape index (κ3) is 2.56.